The maximum absolute atomic E-state index is 7.16. The minimum Gasteiger partial charge on any atom is -0.388 e. The molecular formula is C14H31N3. The van der Waals surface area contributed by atoms with Gasteiger partial charge in [0.2, 0.25) is 0 Å². The van der Waals surface area contributed by atoms with Crippen LogP contribution in [0.1, 0.15) is 64.7 Å². The third-order valence-corrected chi connectivity index (χ3v) is 3.16. The SMILES string of the molecule is CCCCCCCCCCN(C)CCC(=N)N. The summed E-state index contributed by atoms with van der Waals surface area (Å²) in [6.07, 6.45) is 11.7. The zero-order valence-corrected chi connectivity index (χ0v) is 11.8. The largest absolute Gasteiger partial charge is 0.388 e. The summed E-state index contributed by atoms with van der Waals surface area (Å²) in [4.78, 5) is 2.28. The lowest BCUT2D eigenvalue weighted by Crippen LogP contribution is -2.25. The first-order valence-corrected chi connectivity index (χ1v) is 7.18. The average Bonchev–Trinajstić information content (AvgIpc) is 2.30. The standard InChI is InChI=1S/C14H31N3/c1-3-4-5-6-7-8-9-10-12-17(2)13-11-14(15)16/h3-13H2,1-2H3,(H3,15,16). The second-order valence-electron chi connectivity index (χ2n) is 5.05. The number of nitrogens with zero attached hydrogens (tertiary/aromatic N) is 1. The summed E-state index contributed by atoms with van der Waals surface area (Å²) < 4.78 is 0. The van der Waals surface area contributed by atoms with Crippen molar-refractivity contribution in [2.24, 2.45) is 5.73 Å². The quantitative estimate of drug-likeness (QED) is 0.313. The van der Waals surface area contributed by atoms with Crippen molar-refractivity contribution in [2.75, 3.05) is 20.1 Å². The molecule has 0 aliphatic rings. The molecule has 0 radical (unpaired) electrons. The molecule has 3 N–H and O–H groups in total. The molecule has 0 atom stereocenters. The van der Waals surface area contributed by atoms with Crippen LogP contribution < -0.4 is 5.73 Å². The lowest BCUT2D eigenvalue weighted by atomic mass is 10.1. The first-order valence-electron chi connectivity index (χ1n) is 7.18. The molecular weight excluding hydrogens is 210 g/mol. The Morgan fingerprint density at radius 3 is 2.00 bits per heavy atom. The van der Waals surface area contributed by atoms with Crippen LogP contribution in [-0.2, 0) is 0 Å². The smallest absolute Gasteiger partial charge is 0.0918 e. The Morgan fingerprint density at radius 2 is 1.47 bits per heavy atom. The Morgan fingerprint density at radius 1 is 0.941 bits per heavy atom. The van der Waals surface area contributed by atoms with Crippen molar-refractivity contribution in [3.63, 3.8) is 0 Å². The molecule has 3 nitrogen and oxygen atoms in total. The van der Waals surface area contributed by atoms with E-state index in [1.54, 1.807) is 0 Å². The zero-order valence-electron chi connectivity index (χ0n) is 11.8. The first-order chi connectivity index (χ1) is 8.16. The summed E-state index contributed by atoms with van der Waals surface area (Å²) in [5.74, 6) is 0.299. The van der Waals surface area contributed by atoms with Crippen LogP contribution in [0.15, 0.2) is 0 Å². The molecule has 0 spiro atoms. The zero-order chi connectivity index (χ0) is 12.9. The average molecular weight is 241 g/mol. The van der Waals surface area contributed by atoms with Gasteiger partial charge in [-0.2, -0.15) is 0 Å². The van der Waals surface area contributed by atoms with E-state index in [4.69, 9.17) is 11.1 Å². The lowest BCUT2D eigenvalue weighted by Gasteiger charge is -2.15. The van der Waals surface area contributed by atoms with Gasteiger partial charge in [0, 0.05) is 13.0 Å². The van der Waals surface area contributed by atoms with Crippen molar-refractivity contribution in [3.05, 3.63) is 0 Å². The Labute approximate surface area is 107 Å². The molecule has 0 rings (SSSR count). The molecule has 17 heavy (non-hydrogen) atoms. The summed E-state index contributed by atoms with van der Waals surface area (Å²) in [6.45, 7) is 4.32. The van der Waals surface area contributed by atoms with E-state index in [1.165, 1.54) is 51.4 Å². The fraction of sp³-hybridized carbons (Fsp3) is 0.929. The van der Waals surface area contributed by atoms with Crippen LogP contribution in [0.4, 0.5) is 0 Å². The van der Waals surface area contributed by atoms with Crippen LogP contribution >= 0.6 is 0 Å². The molecule has 0 amide bonds. The number of hydrogen-bond donors (Lipinski definition) is 2. The Kier molecular flexibility index (Phi) is 11.5. The van der Waals surface area contributed by atoms with E-state index < -0.39 is 0 Å². The molecule has 0 aliphatic carbocycles. The molecule has 0 unspecified atom stereocenters. The van der Waals surface area contributed by atoms with Gasteiger partial charge in [-0.15, -0.1) is 0 Å². The Bertz CT molecular complexity index is 180. The summed E-state index contributed by atoms with van der Waals surface area (Å²) in [6, 6.07) is 0. The number of hydrogen-bond acceptors (Lipinski definition) is 2. The van der Waals surface area contributed by atoms with E-state index in [9.17, 15) is 0 Å². The van der Waals surface area contributed by atoms with Crippen LogP contribution in [-0.4, -0.2) is 30.9 Å². The highest BCUT2D eigenvalue weighted by Gasteiger charge is 1.99. The summed E-state index contributed by atoms with van der Waals surface area (Å²) in [5.41, 5.74) is 5.33. The highest BCUT2D eigenvalue weighted by atomic mass is 15.1. The van der Waals surface area contributed by atoms with Gasteiger partial charge in [-0.3, -0.25) is 5.41 Å². The van der Waals surface area contributed by atoms with Crippen molar-refractivity contribution in [2.45, 2.75) is 64.7 Å². The molecule has 0 aromatic heterocycles. The van der Waals surface area contributed by atoms with Crippen LogP contribution in [0.3, 0.4) is 0 Å². The number of unbranched alkanes of at least 4 members (excludes halogenated alkanes) is 7. The van der Waals surface area contributed by atoms with Crippen LogP contribution in [0.5, 0.6) is 0 Å². The molecule has 0 aliphatic heterocycles. The van der Waals surface area contributed by atoms with Crippen molar-refractivity contribution in [1.82, 2.24) is 4.90 Å². The third kappa shape index (κ3) is 13.4. The molecule has 102 valence electrons. The molecule has 0 heterocycles. The van der Waals surface area contributed by atoms with Gasteiger partial charge >= 0.3 is 0 Å². The normalized spacial score (nSPS) is 11.0. The summed E-state index contributed by atoms with van der Waals surface area (Å²) in [7, 11) is 2.12. The van der Waals surface area contributed by atoms with Gasteiger partial charge in [0.15, 0.2) is 0 Å². The van der Waals surface area contributed by atoms with Gasteiger partial charge in [-0.25, -0.2) is 0 Å². The van der Waals surface area contributed by atoms with Gasteiger partial charge in [0.25, 0.3) is 0 Å². The molecule has 0 saturated carbocycles. The number of nitrogens with two attached hydrogens (primary N) is 1. The maximum Gasteiger partial charge on any atom is 0.0918 e. The molecule has 3 heteroatoms. The van der Waals surface area contributed by atoms with Gasteiger partial charge in [0.05, 0.1) is 5.84 Å². The fourth-order valence-corrected chi connectivity index (χ4v) is 1.94. The van der Waals surface area contributed by atoms with Gasteiger partial charge < -0.3 is 10.6 Å². The van der Waals surface area contributed by atoms with E-state index in [-0.39, 0.29) is 0 Å². The highest BCUT2D eigenvalue weighted by Crippen LogP contribution is 2.08. The monoisotopic (exact) mass is 241 g/mol. The molecule has 0 aromatic rings. The van der Waals surface area contributed by atoms with E-state index in [1.807, 2.05) is 0 Å². The predicted molar refractivity (Wildman–Crippen MR) is 76.6 cm³/mol. The van der Waals surface area contributed by atoms with Crippen LogP contribution in [0.2, 0.25) is 0 Å². The maximum atomic E-state index is 7.16. The molecule has 0 fully saturated rings. The van der Waals surface area contributed by atoms with Gasteiger partial charge in [-0.05, 0) is 20.0 Å². The minimum atomic E-state index is 0.299. The molecule has 0 saturated heterocycles. The third-order valence-electron chi connectivity index (χ3n) is 3.16. The van der Waals surface area contributed by atoms with E-state index in [0.717, 1.165) is 13.1 Å². The van der Waals surface area contributed by atoms with E-state index in [0.29, 0.717) is 12.3 Å². The second kappa shape index (κ2) is 11.9. The fourth-order valence-electron chi connectivity index (χ4n) is 1.94. The van der Waals surface area contributed by atoms with Gasteiger partial charge in [-0.1, -0.05) is 51.9 Å². The highest BCUT2D eigenvalue weighted by molar-refractivity contribution is 5.76. The van der Waals surface area contributed by atoms with Crippen molar-refractivity contribution in [1.29, 1.82) is 5.41 Å². The lowest BCUT2D eigenvalue weighted by molar-refractivity contribution is 0.332. The van der Waals surface area contributed by atoms with E-state index in [2.05, 4.69) is 18.9 Å². The Balaban J connectivity index is 3.13. The predicted octanol–water partition coefficient (Wildman–Crippen LogP) is 3.38. The topological polar surface area (TPSA) is 53.1 Å². The second-order valence-corrected chi connectivity index (χ2v) is 5.05. The number of rotatable bonds is 12. The number of nitrogens with one attached hydrogen (secondary N) is 1. The first kappa shape index (κ1) is 16.4. The van der Waals surface area contributed by atoms with Crippen LogP contribution in [0, 0.1) is 5.41 Å². The summed E-state index contributed by atoms with van der Waals surface area (Å²) >= 11 is 0. The van der Waals surface area contributed by atoms with E-state index >= 15 is 0 Å². The van der Waals surface area contributed by atoms with Crippen molar-refractivity contribution < 1.29 is 0 Å². The number of amidine groups is 1. The Hall–Kier alpha value is -0.570. The van der Waals surface area contributed by atoms with Gasteiger partial charge in [0.1, 0.15) is 0 Å². The van der Waals surface area contributed by atoms with Crippen molar-refractivity contribution in [3.8, 4) is 0 Å². The molecule has 0 aromatic carbocycles. The van der Waals surface area contributed by atoms with Crippen LogP contribution in [0.25, 0.3) is 0 Å². The molecule has 0 bridgehead atoms. The summed E-state index contributed by atoms with van der Waals surface area (Å²) in [5, 5.41) is 7.16. The minimum absolute atomic E-state index is 0.299. The van der Waals surface area contributed by atoms with Crippen molar-refractivity contribution >= 4 is 5.84 Å².